The highest BCUT2D eigenvalue weighted by molar-refractivity contribution is 6.23. The van der Waals surface area contributed by atoms with Crippen LogP contribution in [-0.4, -0.2) is 85.1 Å². The van der Waals surface area contributed by atoms with Crippen molar-refractivity contribution in [2.75, 3.05) is 41.5 Å². The van der Waals surface area contributed by atoms with E-state index >= 15 is 0 Å². The van der Waals surface area contributed by atoms with Gasteiger partial charge < -0.3 is 29.0 Å². The van der Waals surface area contributed by atoms with Gasteiger partial charge in [0.25, 0.3) is 5.91 Å². The molecule has 18 nitrogen and oxygen atoms in total. The Morgan fingerprint density at radius 2 is 0.707 bits per heavy atom. The second-order valence-electron chi connectivity index (χ2n) is 24.4. The molecule has 6 aliphatic rings. The maximum atomic E-state index is 13.3. The van der Waals surface area contributed by atoms with E-state index in [1.54, 1.807) is 176 Å². The van der Waals surface area contributed by atoms with E-state index in [-0.39, 0.29) is 143 Å². The number of hydrogen-bond donors (Lipinski definition) is 1. The topological polar surface area (TPSA) is 235 Å². The number of rotatable bonds is 22. The summed E-state index contributed by atoms with van der Waals surface area (Å²) in [4.78, 5) is 134. The quantitative estimate of drug-likeness (QED) is 0.0287. The van der Waals surface area contributed by atoms with Crippen molar-refractivity contribution in [1.82, 2.24) is 0 Å². The Morgan fingerprint density at radius 1 is 0.359 bits per heavy atom. The van der Waals surface area contributed by atoms with Gasteiger partial charge in [0.15, 0.2) is 49.6 Å². The summed E-state index contributed by atoms with van der Waals surface area (Å²) < 4.78 is 28.7. The average Bonchev–Trinajstić information content (AvgIpc) is 1.58. The van der Waals surface area contributed by atoms with E-state index < -0.39 is 5.97 Å². The van der Waals surface area contributed by atoms with E-state index in [1.165, 1.54) is 15.9 Å². The Hall–Kier alpha value is -10.9. The van der Waals surface area contributed by atoms with Crippen LogP contribution in [0.4, 0.5) is 17.1 Å². The van der Waals surface area contributed by atoms with Gasteiger partial charge in [0.2, 0.25) is 23.6 Å². The van der Waals surface area contributed by atoms with Gasteiger partial charge >= 0.3 is 5.97 Å². The van der Waals surface area contributed by atoms with E-state index in [1.807, 2.05) is 0 Å². The highest BCUT2D eigenvalue weighted by Crippen LogP contribution is 2.58. The number of Topliss-reactive ketones (excluding diaryl/α,β-unsaturated/α-hetero) is 4. The molecule has 0 aromatic heterocycles. The molecule has 6 fully saturated rings. The molecule has 2 heterocycles. The number of fused-ring (bicyclic) bond motifs is 11. The third kappa shape index (κ3) is 11.5. The Morgan fingerprint density at radius 3 is 1.16 bits per heavy atom. The number of imide groups is 2. The number of hydrogen-bond acceptors (Lipinski definition) is 15. The van der Waals surface area contributed by atoms with Crippen molar-refractivity contribution in [1.29, 1.82) is 0 Å². The summed E-state index contributed by atoms with van der Waals surface area (Å²) in [6, 6.07) is 48.4. The van der Waals surface area contributed by atoms with Gasteiger partial charge in [-0.2, -0.15) is 0 Å². The largest absolute Gasteiger partial charge is 0.485 e. The molecule has 460 valence electrons. The molecular weight excluding hydrogens is 1170 g/mol. The van der Waals surface area contributed by atoms with Crippen LogP contribution in [0.3, 0.4) is 0 Å². The van der Waals surface area contributed by atoms with Crippen molar-refractivity contribution >= 4 is 86.5 Å². The molecule has 14 rings (SSSR count). The minimum absolute atomic E-state index is 0.134. The summed E-state index contributed by atoms with van der Waals surface area (Å²) in [7, 11) is 0. The number of anilines is 3. The van der Waals surface area contributed by atoms with Gasteiger partial charge in [-0.25, -0.2) is 4.79 Å². The lowest BCUT2D eigenvalue weighted by molar-refractivity contribution is -0.124. The van der Waals surface area contributed by atoms with Crippen molar-refractivity contribution in [3.8, 4) is 28.7 Å². The van der Waals surface area contributed by atoms with Crippen LogP contribution in [-0.2, 0) is 19.2 Å². The second kappa shape index (κ2) is 24.5. The molecule has 4 bridgehead atoms. The zero-order chi connectivity index (χ0) is 63.3. The first-order chi connectivity index (χ1) is 44.7. The number of nitrogens with zero attached hydrogens (tertiary/aromatic N) is 2. The summed E-state index contributed by atoms with van der Waals surface area (Å²) in [6.07, 6.45) is 5.89. The Bertz CT molecular complexity index is 4280. The highest BCUT2D eigenvalue weighted by Gasteiger charge is 2.62. The van der Waals surface area contributed by atoms with Crippen LogP contribution < -0.4 is 38.8 Å². The number of esters is 1. The molecular formula is C74H59N3O15. The third-order valence-corrected chi connectivity index (χ3v) is 19.0. The Labute approximate surface area is 527 Å². The van der Waals surface area contributed by atoms with E-state index in [0.717, 1.165) is 49.3 Å². The van der Waals surface area contributed by atoms with Crippen LogP contribution >= 0.6 is 0 Å². The molecule has 5 amide bonds. The molecule has 8 aromatic rings. The van der Waals surface area contributed by atoms with Crippen LogP contribution in [0, 0.1) is 47.3 Å². The molecule has 4 saturated carbocycles. The smallest absolute Gasteiger partial charge is 0.343 e. The van der Waals surface area contributed by atoms with Crippen molar-refractivity contribution in [2.24, 2.45) is 47.3 Å². The molecule has 18 heteroatoms. The molecule has 2 saturated heterocycles. The average molecular weight is 1230 g/mol. The molecule has 8 atom stereocenters. The first kappa shape index (κ1) is 58.8. The van der Waals surface area contributed by atoms with Crippen LogP contribution in [0.15, 0.2) is 182 Å². The lowest BCUT2D eigenvalue weighted by atomic mass is 9.81. The molecule has 4 aliphatic carbocycles. The van der Waals surface area contributed by atoms with Crippen molar-refractivity contribution in [3.05, 3.63) is 215 Å². The van der Waals surface area contributed by atoms with E-state index in [0.29, 0.717) is 62.5 Å². The number of nitrogens with one attached hydrogen (secondary N) is 1. The van der Waals surface area contributed by atoms with Crippen molar-refractivity contribution < 1.29 is 71.6 Å². The molecule has 0 spiro atoms. The summed E-state index contributed by atoms with van der Waals surface area (Å²) in [5, 5.41) is 4.29. The van der Waals surface area contributed by atoms with Gasteiger partial charge in [-0.3, -0.25) is 53.0 Å². The predicted octanol–water partition coefficient (Wildman–Crippen LogP) is 11.4. The lowest BCUT2D eigenvalue weighted by Crippen LogP contribution is -2.32. The molecule has 0 radical (unpaired) electrons. The van der Waals surface area contributed by atoms with Crippen LogP contribution in [0.25, 0.3) is 10.8 Å². The first-order valence-electron chi connectivity index (χ1n) is 30.8. The Balaban J connectivity index is 0.487. The maximum absolute atomic E-state index is 13.3. The summed E-state index contributed by atoms with van der Waals surface area (Å²) in [5.74, 6) is -0.842. The molecule has 8 aromatic carbocycles. The molecule has 8 unspecified atom stereocenters. The summed E-state index contributed by atoms with van der Waals surface area (Å²) in [5.41, 5.74) is 3.31. The van der Waals surface area contributed by atoms with Crippen LogP contribution in [0.2, 0.25) is 0 Å². The zero-order valence-corrected chi connectivity index (χ0v) is 49.5. The molecule has 1 N–H and O–H groups in total. The SMILES string of the molecule is O=C(COc1ccc(OCC(=O)c2cccc(C(=O)COc3ccc(NC(=O)c4ccc(N5C(=O)C6C7CCC(C7)C6C5=O)cc4)cc3)c2)cc1)c1ccc(OCC(=O)c2ccc3cc(OC(=O)c4ccc(N5C(=O)C6C7CCC(C7)C6C5=O)cc4)ccc3c2)cc1. The number of ether oxygens (including phenoxy) is 5. The fourth-order valence-corrected chi connectivity index (χ4v) is 14.5. The third-order valence-electron chi connectivity index (χ3n) is 19.0. The lowest BCUT2D eigenvalue weighted by Gasteiger charge is -2.19. The van der Waals surface area contributed by atoms with Crippen LogP contribution in [0.5, 0.6) is 28.7 Å². The number of benzene rings is 8. The Kier molecular flexibility index (Phi) is 15.6. The molecule has 92 heavy (non-hydrogen) atoms. The standard InChI is InChI=1S/C74H59N3O15/c78-61(41-14-23-56(24-15-41)89-40-64(81)48-5-4-45-36-60(25-16-44(45)32-48)92-74(87)43-12-21-55(22-13-43)77-72(85)67-51-8-9-52(35-51)68(67)73(77)86)37-88-58-28-30-59(31-29-58)91-39-63(80)47-3-1-2-46(33-47)62(79)38-90-57-26-17-53(18-27-57)75-69(82)42-10-19-54(20-11-42)76-70(83)65-49-6-7-50(34-49)66(65)71(76)84/h1-5,10-33,36,49-52,65-68H,6-9,34-35,37-40H2,(H,75,82). The zero-order valence-electron chi connectivity index (χ0n) is 49.5. The van der Waals surface area contributed by atoms with Gasteiger partial charge in [-0.15, -0.1) is 0 Å². The van der Waals surface area contributed by atoms with Gasteiger partial charge in [-0.1, -0.05) is 36.4 Å². The maximum Gasteiger partial charge on any atom is 0.343 e. The fraction of sp³-hybridized carbons (Fsp3) is 0.243. The van der Waals surface area contributed by atoms with Crippen molar-refractivity contribution in [2.45, 2.75) is 38.5 Å². The second-order valence-corrected chi connectivity index (χ2v) is 24.4. The summed E-state index contributed by atoms with van der Waals surface area (Å²) >= 11 is 0. The van der Waals surface area contributed by atoms with Crippen molar-refractivity contribution in [3.63, 3.8) is 0 Å². The van der Waals surface area contributed by atoms with Gasteiger partial charge in [0.1, 0.15) is 28.7 Å². The number of carbonyl (C=O) groups excluding carboxylic acids is 10. The predicted molar refractivity (Wildman–Crippen MR) is 335 cm³/mol. The highest BCUT2D eigenvalue weighted by atomic mass is 16.5. The van der Waals surface area contributed by atoms with Gasteiger partial charge in [0.05, 0.1) is 40.6 Å². The van der Waals surface area contributed by atoms with E-state index in [9.17, 15) is 47.9 Å². The van der Waals surface area contributed by atoms with E-state index in [2.05, 4.69) is 5.32 Å². The monoisotopic (exact) mass is 1230 g/mol. The first-order valence-corrected chi connectivity index (χ1v) is 30.8. The normalized spacial score (nSPS) is 21.5. The minimum Gasteiger partial charge on any atom is -0.485 e. The minimum atomic E-state index is -0.603. The molecule has 2 aliphatic heterocycles. The number of ketones is 4. The van der Waals surface area contributed by atoms with Crippen LogP contribution in [0.1, 0.15) is 101 Å². The van der Waals surface area contributed by atoms with E-state index in [4.69, 9.17) is 23.7 Å². The fourth-order valence-electron chi connectivity index (χ4n) is 14.5. The number of amides is 5. The van der Waals surface area contributed by atoms with Gasteiger partial charge in [-0.05, 0) is 219 Å². The van der Waals surface area contributed by atoms with Gasteiger partial charge in [0, 0.05) is 33.5 Å². The number of carbonyl (C=O) groups is 10. The summed E-state index contributed by atoms with van der Waals surface area (Å²) in [6.45, 7) is -1.17.